The highest BCUT2D eigenvalue weighted by Gasteiger charge is 2.33. The molecule has 1 heterocycles. The summed E-state index contributed by atoms with van der Waals surface area (Å²) in [4.78, 5) is 14.5. The van der Waals surface area contributed by atoms with E-state index in [9.17, 15) is 4.79 Å². The van der Waals surface area contributed by atoms with Crippen LogP contribution in [0.2, 0.25) is 0 Å². The molecule has 1 aromatic rings. The second-order valence-electron chi connectivity index (χ2n) is 6.45. The van der Waals surface area contributed by atoms with E-state index < -0.39 is 0 Å². The van der Waals surface area contributed by atoms with E-state index >= 15 is 0 Å². The molecule has 2 aliphatic rings. The molecule has 1 N–H and O–H groups in total. The lowest BCUT2D eigenvalue weighted by Gasteiger charge is -2.31. The number of hydrogen-bond acceptors (Lipinski definition) is 2. The van der Waals surface area contributed by atoms with Crippen molar-refractivity contribution in [1.82, 2.24) is 10.2 Å². The van der Waals surface area contributed by atoms with E-state index in [1.807, 2.05) is 0 Å². The monoisotopic (exact) mass is 286 g/mol. The molecule has 0 unspecified atom stereocenters. The van der Waals surface area contributed by atoms with Crippen LogP contribution in [0.3, 0.4) is 0 Å². The molecule has 1 amide bonds. The minimum atomic E-state index is 0.215. The highest BCUT2D eigenvalue weighted by molar-refractivity contribution is 5.78. The van der Waals surface area contributed by atoms with Gasteiger partial charge in [-0.2, -0.15) is 0 Å². The Morgan fingerprint density at radius 3 is 2.71 bits per heavy atom. The number of likely N-dealkylation sites (tertiary alicyclic amines) is 1. The van der Waals surface area contributed by atoms with Gasteiger partial charge >= 0.3 is 0 Å². The number of amides is 1. The molecule has 3 nitrogen and oxygen atoms in total. The zero-order valence-electron chi connectivity index (χ0n) is 12.9. The smallest absolute Gasteiger partial charge is 0.234 e. The van der Waals surface area contributed by atoms with Crippen LogP contribution in [-0.4, -0.2) is 36.0 Å². The zero-order chi connectivity index (χ0) is 14.7. The molecule has 1 aromatic carbocycles. The van der Waals surface area contributed by atoms with Crippen molar-refractivity contribution >= 4 is 5.91 Å². The second kappa shape index (κ2) is 6.61. The fourth-order valence-corrected chi connectivity index (χ4v) is 3.62. The summed E-state index contributed by atoms with van der Waals surface area (Å²) >= 11 is 0. The minimum absolute atomic E-state index is 0.215. The zero-order valence-corrected chi connectivity index (χ0v) is 12.9. The Hall–Kier alpha value is -1.35. The van der Waals surface area contributed by atoms with Crippen LogP contribution < -0.4 is 5.32 Å². The molecule has 0 aromatic heterocycles. The lowest BCUT2D eigenvalue weighted by atomic mass is 9.87. The molecule has 1 aliphatic heterocycles. The van der Waals surface area contributed by atoms with E-state index in [1.54, 1.807) is 0 Å². The highest BCUT2D eigenvalue weighted by Crippen LogP contribution is 2.33. The summed E-state index contributed by atoms with van der Waals surface area (Å²) in [7, 11) is 0. The van der Waals surface area contributed by atoms with Crippen LogP contribution in [0, 0.1) is 0 Å². The van der Waals surface area contributed by atoms with Gasteiger partial charge in [-0.15, -0.1) is 0 Å². The lowest BCUT2D eigenvalue weighted by Crippen LogP contribution is -2.42. The maximum Gasteiger partial charge on any atom is 0.234 e. The van der Waals surface area contributed by atoms with Crippen molar-refractivity contribution in [1.29, 1.82) is 0 Å². The van der Waals surface area contributed by atoms with Gasteiger partial charge in [0.25, 0.3) is 0 Å². The normalized spacial score (nSPS) is 24.0. The van der Waals surface area contributed by atoms with Crippen molar-refractivity contribution in [3.63, 3.8) is 0 Å². The number of hydrogen-bond donors (Lipinski definition) is 1. The Balaban J connectivity index is 1.65. The second-order valence-corrected chi connectivity index (χ2v) is 6.45. The van der Waals surface area contributed by atoms with Gasteiger partial charge in [0, 0.05) is 12.1 Å². The summed E-state index contributed by atoms with van der Waals surface area (Å²) in [6.07, 6.45) is 5.89. The van der Waals surface area contributed by atoms with E-state index in [0.717, 1.165) is 25.8 Å². The predicted octanol–water partition coefficient (Wildman–Crippen LogP) is 2.92. The van der Waals surface area contributed by atoms with E-state index in [4.69, 9.17) is 0 Å². The Labute approximate surface area is 127 Å². The maximum absolute atomic E-state index is 12.1. The average Bonchev–Trinajstić information content (AvgIpc) is 3.20. The van der Waals surface area contributed by atoms with E-state index in [1.165, 1.54) is 18.4 Å². The molecule has 2 fully saturated rings. The molecular formula is C18H26N2O. The Kier molecular flexibility index (Phi) is 4.59. The van der Waals surface area contributed by atoms with Gasteiger partial charge in [-0.1, -0.05) is 37.3 Å². The van der Waals surface area contributed by atoms with Crippen LogP contribution in [0.4, 0.5) is 0 Å². The topological polar surface area (TPSA) is 32.3 Å². The number of carbonyl (C=O) groups is 1. The summed E-state index contributed by atoms with van der Waals surface area (Å²) in [5.74, 6) is 0.759. The van der Waals surface area contributed by atoms with Gasteiger partial charge < -0.3 is 5.32 Å². The van der Waals surface area contributed by atoms with Crippen molar-refractivity contribution in [2.45, 2.75) is 57.0 Å². The maximum atomic E-state index is 12.1. The third kappa shape index (κ3) is 3.65. The van der Waals surface area contributed by atoms with Gasteiger partial charge in [0.2, 0.25) is 5.91 Å². The summed E-state index contributed by atoms with van der Waals surface area (Å²) in [5, 5.41) is 3.12. The van der Waals surface area contributed by atoms with Crippen molar-refractivity contribution in [3.8, 4) is 0 Å². The SMILES string of the molecule is CC[C@@H](c1ccccc1)[C@@H]1CCCN1CC(=O)NC1CC1. The summed E-state index contributed by atoms with van der Waals surface area (Å²) < 4.78 is 0. The Bertz CT molecular complexity index is 469. The first-order chi connectivity index (χ1) is 10.3. The lowest BCUT2D eigenvalue weighted by molar-refractivity contribution is -0.122. The molecular weight excluding hydrogens is 260 g/mol. The van der Waals surface area contributed by atoms with Crippen molar-refractivity contribution in [2.75, 3.05) is 13.1 Å². The van der Waals surface area contributed by atoms with Crippen LogP contribution >= 0.6 is 0 Å². The van der Waals surface area contributed by atoms with Gasteiger partial charge in [-0.25, -0.2) is 0 Å². The fourth-order valence-electron chi connectivity index (χ4n) is 3.62. The van der Waals surface area contributed by atoms with Crippen molar-refractivity contribution in [2.24, 2.45) is 0 Å². The third-order valence-corrected chi connectivity index (χ3v) is 4.84. The molecule has 1 saturated carbocycles. The number of nitrogens with zero attached hydrogens (tertiary/aromatic N) is 1. The summed E-state index contributed by atoms with van der Waals surface area (Å²) in [5.41, 5.74) is 1.42. The number of nitrogens with one attached hydrogen (secondary N) is 1. The van der Waals surface area contributed by atoms with Crippen LogP contribution in [0.5, 0.6) is 0 Å². The minimum Gasteiger partial charge on any atom is -0.352 e. The van der Waals surface area contributed by atoms with Gasteiger partial charge in [0.15, 0.2) is 0 Å². The molecule has 0 spiro atoms. The van der Waals surface area contributed by atoms with Gasteiger partial charge in [-0.3, -0.25) is 9.69 Å². The van der Waals surface area contributed by atoms with Crippen molar-refractivity contribution in [3.05, 3.63) is 35.9 Å². The summed E-state index contributed by atoms with van der Waals surface area (Å²) in [6.45, 7) is 3.90. The standard InChI is InChI=1S/C18H26N2O/c1-2-16(14-7-4-3-5-8-14)17-9-6-12-20(17)13-18(21)19-15-10-11-15/h3-5,7-8,15-17H,2,6,9-13H2,1H3,(H,19,21)/t16-,17-/m0/s1. The average molecular weight is 286 g/mol. The molecule has 1 aliphatic carbocycles. The predicted molar refractivity (Wildman–Crippen MR) is 85.2 cm³/mol. The Morgan fingerprint density at radius 1 is 1.29 bits per heavy atom. The molecule has 0 radical (unpaired) electrons. The highest BCUT2D eigenvalue weighted by atomic mass is 16.2. The third-order valence-electron chi connectivity index (χ3n) is 4.84. The van der Waals surface area contributed by atoms with Crippen molar-refractivity contribution < 1.29 is 4.79 Å². The summed E-state index contributed by atoms with van der Waals surface area (Å²) in [6, 6.07) is 11.8. The van der Waals surface area contributed by atoms with E-state index in [2.05, 4.69) is 47.5 Å². The van der Waals surface area contributed by atoms with E-state index in [-0.39, 0.29) is 5.91 Å². The van der Waals surface area contributed by atoms with Gasteiger partial charge in [-0.05, 0) is 50.1 Å². The van der Waals surface area contributed by atoms with Crippen LogP contribution in [0.25, 0.3) is 0 Å². The first-order valence-electron chi connectivity index (χ1n) is 8.36. The van der Waals surface area contributed by atoms with E-state index in [0.29, 0.717) is 24.5 Å². The van der Waals surface area contributed by atoms with Gasteiger partial charge in [0.05, 0.1) is 6.54 Å². The fraction of sp³-hybridized carbons (Fsp3) is 0.611. The number of rotatable bonds is 6. The molecule has 1 saturated heterocycles. The first kappa shape index (κ1) is 14.6. The quantitative estimate of drug-likeness (QED) is 0.872. The first-order valence-corrected chi connectivity index (χ1v) is 8.36. The van der Waals surface area contributed by atoms with Crippen LogP contribution in [0.15, 0.2) is 30.3 Å². The molecule has 3 heteroatoms. The van der Waals surface area contributed by atoms with Gasteiger partial charge in [0.1, 0.15) is 0 Å². The van der Waals surface area contributed by atoms with Crippen LogP contribution in [0.1, 0.15) is 50.5 Å². The molecule has 21 heavy (non-hydrogen) atoms. The molecule has 114 valence electrons. The molecule has 3 rings (SSSR count). The largest absolute Gasteiger partial charge is 0.352 e. The molecule has 0 bridgehead atoms. The van der Waals surface area contributed by atoms with Crippen LogP contribution in [-0.2, 0) is 4.79 Å². The Morgan fingerprint density at radius 2 is 2.05 bits per heavy atom. The molecule has 2 atom stereocenters. The number of carbonyl (C=O) groups excluding carboxylic acids is 1. The number of benzene rings is 1.